The molecule has 4 aromatic rings. The van der Waals surface area contributed by atoms with Crippen LogP contribution in [0.15, 0.2) is 84.9 Å². The van der Waals surface area contributed by atoms with Gasteiger partial charge in [-0.05, 0) is 84.6 Å². The lowest BCUT2D eigenvalue weighted by molar-refractivity contribution is 0.0687. The summed E-state index contributed by atoms with van der Waals surface area (Å²) in [7, 11) is 0. The molecule has 0 aliphatic carbocycles. The Balaban J connectivity index is 1.58. The van der Waals surface area contributed by atoms with E-state index in [1.165, 1.54) is 0 Å². The molecule has 6 heteroatoms. The fourth-order valence-electron chi connectivity index (χ4n) is 3.81. The molecule has 0 saturated carbocycles. The molecule has 0 fully saturated rings. The summed E-state index contributed by atoms with van der Waals surface area (Å²) < 4.78 is 0. The average Bonchev–Trinajstić information content (AvgIpc) is 2.82. The fourth-order valence-corrected chi connectivity index (χ4v) is 3.81. The van der Waals surface area contributed by atoms with Crippen molar-refractivity contribution < 1.29 is 19.8 Å². The molecule has 0 aliphatic rings. The summed E-state index contributed by atoms with van der Waals surface area (Å²) in [6.45, 7) is 3.95. The van der Waals surface area contributed by atoms with Gasteiger partial charge in [0.2, 0.25) is 0 Å². The van der Waals surface area contributed by atoms with Crippen molar-refractivity contribution in [3.8, 4) is 11.1 Å². The molecule has 0 amide bonds. The van der Waals surface area contributed by atoms with Gasteiger partial charge in [0.25, 0.3) is 0 Å². The van der Waals surface area contributed by atoms with Gasteiger partial charge in [0.05, 0.1) is 22.5 Å². The smallest absolute Gasteiger partial charge is 0.337 e. The summed E-state index contributed by atoms with van der Waals surface area (Å²) in [5.74, 6) is -1.96. The van der Waals surface area contributed by atoms with Gasteiger partial charge in [-0.3, -0.25) is 0 Å². The zero-order chi connectivity index (χ0) is 24.2. The topological polar surface area (TPSA) is 98.7 Å². The van der Waals surface area contributed by atoms with Crippen molar-refractivity contribution in [2.24, 2.45) is 0 Å². The van der Waals surface area contributed by atoms with Gasteiger partial charge in [-0.1, -0.05) is 36.4 Å². The first-order chi connectivity index (χ1) is 16.3. The van der Waals surface area contributed by atoms with Gasteiger partial charge >= 0.3 is 11.9 Å². The number of para-hydroxylation sites is 2. The normalized spacial score (nSPS) is 10.5. The van der Waals surface area contributed by atoms with Crippen LogP contribution in [0.5, 0.6) is 0 Å². The monoisotopic (exact) mass is 452 g/mol. The molecule has 170 valence electrons. The third kappa shape index (κ3) is 4.76. The van der Waals surface area contributed by atoms with E-state index < -0.39 is 11.9 Å². The van der Waals surface area contributed by atoms with Crippen LogP contribution in [-0.4, -0.2) is 22.2 Å². The van der Waals surface area contributed by atoms with Gasteiger partial charge in [0, 0.05) is 11.4 Å². The molecule has 0 aromatic heterocycles. The average molecular weight is 453 g/mol. The Morgan fingerprint density at radius 2 is 0.941 bits per heavy atom. The highest BCUT2D eigenvalue weighted by molar-refractivity contribution is 5.96. The van der Waals surface area contributed by atoms with Crippen LogP contribution in [0.2, 0.25) is 0 Å². The van der Waals surface area contributed by atoms with E-state index in [0.29, 0.717) is 11.4 Å². The van der Waals surface area contributed by atoms with E-state index in [1.807, 2.05) is 50.2 Å². The molecule has 4 N–H and O–H groups in total. The Morgan fingerprint density at radius 1 is 0.559 bits per heavy atom. The Kier molecular flexibility index (Phi) is 6.32. The van der Waals surface area contributed by atoms with E-state index in [4.69, 9.17) is 0 Å². The van der Waals surface area contributed by atoms with Crippen LogP contribution in [0.25, 0.3) is 11.1 Å². The Hall–Kier alpha value is -4.58. The zero-order valence-corrected chi connectivity index (χ0v) is 18.8. The van der Waals surface area contributed by atoms with Crippen molar-refractivity contribution in [3.05, 3.63) is 107 Å². The van der Waals surface area contributed by atoms with Gasteiger partial charge in [0.1, 0.15) is 0 Å². The molecule has 4 rings (SSSR count). The first-order valence-electron chi connectivity index (χ1n) is 10.7. The number of carboxylic acids is 2. The number of carboxylic acid groups (broad SMARTS) is 2. The third-order valence-electron chi connectivity index (χ3n) is 5.64. The number of aromatic carboxylic acids is 2. The van der Waals surface area contributed by atoms with Crippen molar-refractivity contribution in [1.29, 1.82) is 0 Å². The predicted octanol–water partition coefficient (Wildman–Crippen LogP) is 6.85. The lowest BCUT2D eigenvalue weighted by Gasteiger charge is -2.15. The predicted molar refractivity (Wildman–Crippen MR) is 135 cm³/mol. The number of hydrogen-bond donors (Lipinski definition) is 4. The van der Waals surface area contributed by atoms with Gasteiger partial charge in [0.15, 0.2) is 0 Å². The fraction of sp³-hybridized carbons (Fsp3) is 0.0714. The molecule has 0 bridgehead atoms. The van der Waals surface area contributed by atoms with Crippen molar-refractivity contribution in [2.45, 2.75) is 13.8 Å². The van der Waals surface area contributed by atoms with Gasteiger partial charge in [-0.25, -0.2) is 9.59 Å². The molecular weight excluding hydrogens is 428 g/mol. The Morgan fingerprint density at radius 3 is 1.29 bits per heavy atom. The van der Waals surface area contributed by atoms with E-state index in [1.54, 1.807) is 48.5 Å². The molecule has 4 aromatic carbocycles. The van der Waals surface area contributed by atoms with Crippen LogP contribution in [0.3, 0.4) is 0 Å². The molecule has 0 atom stereocenters. The first-order valence-corrected chi connectivity index (χ1v) is 10.7. The van der Waals surface area contributed by atoms with Crippen LogP contribution in [-0.2, 0) is 0 Å². The standard InChI is InChI=1S/C28H24N2O4/c1-17-15-19(11-13-23(17)29-25-9-5-3-7-21(25)27(31)32)20-12-14-24(18(2)16-20)30-26-10-6-4-8-22(26)28(33)34/h3-16,29-30H,1-2H3,(H,31,32)(H,33,34). The Labute approximate surface area is 197 Å². The number of benzene rings is 4. The number of carbonyl (C=O) groups is 2. The van der Waals surface area contributed by atoms with E-state index in [0.717, 1.165) is 33.6 Å². The molecular formula is C28H24N2O4. The molecule has 0 aliphatic heterocycles. The third-order valence-corrected chi connectivity index (χ3v) is 5.64. The highest BCUT2D eigenvalue weighted by Crippen LogP contribution is 2.31. The lowest BCUT2D eigenvalue weighted by Crippen LogP contribution is -2.03. The second-order valence-corrected chi connectivity index (χ2v) is 8.01. The van der Waals surface area contributed by atoms with Crippen molar-refractivity contribution in [2.75, 3.05) is 10.6 Å². The summed E-state index contributed by atoms with van der Waals surface area (Å²) in [4.78, 5) is 23.0. The van der Waals surface area contributed by atoms with Gasteiger partial charge in [-0.2, -0.15) is 0 Å². The van der Waals surface area contributed by atoms with Crippen LogP contribution < -0.4 is 10.6 Å². The molecule has 0 spiro atoms. The summed E-state index contributed by atoms with van der Waals surface area (Å²) in [5.41, 5.74) is 7.18. The van der Waals surface area contributed by atoms with Crippen molar-refractivity contribution >= 4 is 34.7 Å². The molecule has 0 saturated heterocycles. The second-order valence-electron chi connectivity index (χ2n) is 8.01. The molecule has 34 heavy (non-hydrogen) atoms. The highest BCUT2D eigenvalue weighted by atomic mass is 16.4. The Bertz CT molecular complexity index is 1290. The van der Waals surface area contributed by atoms with Crippen LogP contribution in [0.4, 0.5) is 22.7 Å². The highest BCUT2D eigenvalue weighted by Gasteiger charge is 2.12. The SMILES string of the molecule is Cc1cc(-c2ccc(Nc3ccccc3C(=O)O)c(C)c2)ccc1Nc1ccccc1C(=O)O. The number of hydrogen-bond acceptors (Lipinski definition) is 4. The van der Waals surface area contributed by atoms with E-state index >= 15 is 0 Å². The van der Waals surface area contributed by atoms with Crippen molar-refractivity contribution in [3.63, 3.8) is 0 Å². The largest absolute Gasteiger partial charge is 0.478 e. The minimum absolute atomic E-state index is 0.217. The maximum absolute atomic E-state index is 11.5. The van der Waals surface area contributed by atoms with Crippen LogP contribution >= 0.6 is 0 Å². The van der Waals surface area contributed by atoms with Crippen molar-refractivity contribution in [1.82, 2.24) is 0 Å². The number of rotatable bonds is 7. The minimum Gasteiger partial charge on any atom is -0.478 e. The first kappa shape index (κ1) is 22.6. The lowest BCUT2D eigenvalue weighted by atomic mass is 9.99. The molecule has 0 unspecified atom stereocenters. The van der Waals surface area contributed by atoms with Crippen LogP contribution in [0.1, 0.15) is 31.8 Å². The summed E-state index contributed by atoms with van der Waals surface area (Å²) in [6.07, 6.45) is 0. The summed E-state index contributed by atoms with van der Waals surface area (Å²) >= 11 is 0. The second kappa shape index (κ2) is 9.50. The quantitative estimate of drug-likeness (QED) is 0.245. The van der Waals surface area contributed by atoms with Gasteiger partial charge < -0.3 is 20.8 Å². The minimum atomic E-state index is -0.979. The molecule has 0 radical (unpaired) electrons. The summed E-state index contributed by atoms with van der Waals surface area (Å²) in [5, 5.41) is 25.3. The maximum Gasteiger partial charge on any atom is 0.337 e. The van der Waals surface area contributed by atoms with E-state index in [-0.39, 0.29) is 11.1 Å². The van der Waals surface area contributed by atoms with E-state index in [2.05, 4.69) is 10.6 Å². The van der Waals surface area contributed by atoms with E-state index in [9.17, 15) is 19.8 Å². The summed E-state index contributed by atoms with van der Waals surface area (Å²) in [6, 6.07) is 25.6. The number of aryl methyl sites for hydroxylation is 2. The van der Waals surface area contributed by atoms with Gasteiger partial charge in [-0.15, -0.1) is 0 Å². The zero-order valence-electron chi connectivity index (χ0n) is 18.8. The maximum atomic E-state index is 11.5. The number of anilines is 4. The number of nitrogens with one attached hydrogen (secondary N) is 2. The molecule has 6 nitrogen and oxygen atoms in total. The molecule has 0 heterocycles. The van der Waals surface area contributed by atoms with Crippen LogP contribution in [0, 0.1) is 13.8 Å².